The van der Waals surface area contributed by atoms with Gasteiger partial charge in [-0.1, -0.05) is 27.2 Å². The standard InChI is InChI=1S/C16H32O4Si/c1-16(2,3)21(4,5)20-11-14-8-6-7-13(9-14)10-19-12-15(17)18/h13-14H,6-12H2,1-5H3,(H,17,18). The Kier molecular flexibility index (Phi) is 6.88. The summed E-state index contributed by atoms with van der Waals surface area (Å²) in [7, 11) is -1.66. The minimum atomic E-state index is -1.66. The molecule has 1 N–H and O–H groups in total. The average molecular weight is 317 g/mol. The SMILES string of the molecule is CC(C)(C)[Si](C)(C)OCC1CCCC(COCC(=O)O)C1. The summed E-state index contributed by atoms with van der Waals surface area (Å²) < 4.78 is 11.6. The van der Waals surface area contributed by atoms with Crippen molar-refractivity contribution in [1.29, 1.82) is 0 Å². The summed E-state index contributed by atoms with van der Waals surface area (Å²) in [6.45, 7) is 12.6. The molecule has 0 radical (unpaired) electrons. The first-order chi connectivity index (χ1) is 9.62. The van der Waals surface area contributed by atoms with E-state index in [1.807, 2.05) is 0 Å². The zero-order chi connectivity index (χ0) is 16.1. The first kappa shape index (κ1) is 18.7. The molecule has 0 amide bonds. The molecule has 21 heavy (non-hydrogen) atoms. The summed E-state index contributed by atoms with van der Waals surface area (Å²) in [6, 6.07) is 0. The molecule has 0 aromatic heterocycles. The second-order valence-corrected chi connectivity index (χ2v) is 12.7. The largest absolute Gasteiger partial charge is 0.480 e. The van der Waals surface area contributed by atoms with Gasteiger partial charge in [0.05, 0.1) is 6.61 Å². The number of carboxylic acids is 1. The highest BCUT2D eigenvalue weighted by molar-refractivity contribution is 6.74. The van der Waals surface area contributed by atoms with Crippen molar-refractivity contribution in [2.45, 2.75) is 64.6 Å². The average Bonchev–Trinajstić information content (AvgIpc) is 2.35. The minimum absolute atomic E-state index is 0.179. The molecule has 4 nitrogen and oxygen atoms in total. The molecular weight excluding hydrogens is 284 g/mol. The normalized spacial score (nSPS) is 24.0. The number of rotatable bonds is 7. The van der Waals surface area contributed by atoms with E-state index in [0.29, 0.717) is 18.4 Å². The summed E-state index contributed by atoms with van der Waals surface area (Å²) in [5.74, 6) is 0.209. The summed E-state index contributed by atoms with van der Waals surface area (Å²) in [5, 5.41) is 8.86. The van der Waals surface area contributed by atoms with Crippen LogP contribution in [-0.4, -0.2) is 39.2 Å². The molecule has 1 aliphatic rings. The number of hydrogen-bond acceptors (Lipinski definition) is 3. The Morgan fingerprint density at radius 2 is 1.76 bits per heavy atom. The Balaban J connectivity index is 2.34. The van der Waals surface area contributed by atoms with E-state index in [9.17, 15) is 4.79 Å². The number of ether oxygens (including phenoxy) is 1. The van der Waals surface area contributed by atoms with Gasteiger partial charge in [-0.05, 0) is 49.2 Å². The predicted octanol–water partition coefficient (Wildman–Crippen LogP) is 3.92. The first-order valence-corrected chi connectivity index (χ1v) is 11.0. The maximum atomic E-state index is 10.5. The minimum Gasteiger partial charge on any atom is -0.480 e. The molecule has 0 heterocycles. The van der Waals surface area contributed by atoms with Crippen molar-refractivity contribution < 1.29 is 19.1 Å². The zero-order valence-corrected chi connectivity index (χ0v) is 15.3. The Morgan fingerprint density at radius 1 is 1.19 bits per heavy atom. The van der Waals surface area contributed by atoms with Crippen molar-refractivity contribution in [3.8, 4) is 0 Å². The van der Waals surface area contributed by atoms with Crippen molar-refractivity contribution in [3.63, 3.8) is 0 Å². The summed E-state index contributed by atoms with van der Waals surface area (Å²) >= 11 is 0. The van der Waals surface area contributed by atoms with Crippen molar-refractivity contribution in [2.75, 3.05) is 19.8 Å². The molecule has 1 aliphatic carbocycles. The predicted molar refractivity (Wildman–Crippen MR) is 87.1 cm³/mol. The van der Waals surface area contributed by atoms with Crippen molar-refractivity contribution in [2.24, 2.45) is 11.8 Å². The fourth-order valence-electron chi connectivity index (χ4n) is 2.56. The molecule has 124 valence electrons. The zero-order valence-electron chi connectivity index (χ0n) is 14.3. The molecule has 5 heteroatoms. The van der Waals surface area contributed by atoms with Crippen LogP contribution in [0.5, 0.6) is 0 Å². The van der Waals surface area contributed by atoms with Crippen molar-refractivity contribution in [1.82, 2.24) is 0 Å². The van der Waals surface area contributed by atoms with Gasteiger partial charge in [0.2, 0.25) is 0 Å². The Hall–Kier alpha value is -0.393. The van der Waals surface area contributed by atoms with Crippen LogP contribution in [0.2, 0.25) is 18.1 Å². The molecule has 0 aromatic carbocycles. The van der Waals surface area contributed by atoms with Gasteiger partial charge >= 0.3 is 5.97 Å². The van der Waals surface area contributed by atoms with E-state index in [2.05, 4.69) is 33.9 Å². The maximum Gasteiger partial charge on any atom is 0.329 e. The molecule has 1 saturated carbocycles. The molecule has 1 rings (SSSR count). The third kappa shape index (κ3) is 6.49. The Morgan fingerprint density at radius 3 is 2.29 bits per heavy atom. The van der Waals surface area contributed by atoms with Gasteiger partial charge in [0.25, 0.3) is 0 Å². The highest BCUT2D eigenvalue weighted by Crippen LogP contribution is 2.38. The van der Waals surface area contributed by atoms with Crippen molar-refractivity contribution >= 4 is 14.3 Å². The van der Waals surface area contributed by atoms with Gasteiger partial charge in [0.15, 0.2) is 8.32 Å². The lowest BCUT2D eigenvalue weighted by molar-refractivity contribution is -0.142. The Labute approximate surface area is 130 Å². The van der Waals surface area contributed by atoms with Gasteiger partial charge in [0, 0.05) is 6.61 Å². The fraction of sp³-hybridized carbons (Fsp3) is 0.938. The quantitative estimate of drug-likeness (QED) is 0.723. The monoisotopic (exact) mass is 316 g/mol. The van der Waals surface area contributed by atoms with Crippen LogP contribution < -0.4 is 0 Å². The first-order valence-electron chi connectivity index (χ1n) is 8.05. The van der Waals surface area contributed by atoms with E-state index in [1.165, 1.54) is 12.8 Å². The topological polar surface area (TPSA) is 55.8 Å². The van der Waals surface area contributed by atoms with Crippen molar-refractivity contribution in [3.05, 3.63) is 0 Å². The molecule has 0 aliphatic heterocycles. The van der Waals surface area contributed by atoms with Crippen LogP contribution in [0.25, 0.3) is 0 Å². The third-order valence-corrected chi connectivity index (χ3v) is 9.46. The van der Waals surface area contributed by atoms with E-state index in [0.717, 1.165) is 19.4 Å². The summed E-state index contributed by atoms with van der Waals surface area (Å²) in [4.78, 5) is 10.5. The molecule has 0 saturated heterocycles. The fourth-order valence-corrected chi connectivity index (χ4v) is 3.65. The van der Waals surface area contributed by atoms with Gasteiger partial charge in [-0.3, -0.25) is 0 Å². The summed E-state index contributed by atoms with van der Waals surface area (Å²) in [6.07, 6.45) is 4.68. The van der Waals surface area contributed by atoms with Crippen LogP contribution in [-0.2, 0) is 14.0 Å². The molecule has 0 aromatic rings. The van der Waals surface area contributed by atoms with Crippen LogP contribution in [0.1, 0.15) is 46.5 Å². The second-order valence-electron chi connectivity index (χ2n) is 7.88. The highest BCUT2D eigenvalue weighted by atomic mass is 28.4. The molecule has 2 unspecified atom stereocenters. The van der Waals surface area contributed by atoms with Crippen LogP contribution in [0, 0.1) is 11.8 Å². The Bertz CT molecular complexity index is 336. The van der Waals surface area contributed by atoms with E-state index < -0.39 is 14.3 Å². The number of carbonyl (C=O) groups is 1. The van der Waals surface area contributed by atoms with E-state index in [4.69, 9.17) is 14.3 Å². The lowest BCUT2D eigenvalue weighted by Gasteiger charge is -2.38. The van der Waals surface area contributed by atoms with E-state index >= 15 is 0 Å². The van der Waals surface area contributed by atoms with Gasteiger partial charge in [-0.2, -0.15) is 0 Å². The third-order valence-electron chi connectivity index (χ3n) is 4.96. The van der Waals surface area contributed by atoms with Crippen LogP contribution in [0.15, 0.2) is 0 Å². The summed E-state index contributed by atoms with van der Waals surface area (Å²) in [5.41, 5.74) is 0. The molecule has 1 fully saturated rings. The van der Waals surface area contributed by atoms with Gasteiger partial charge in [-0.15, -0.1) is 0 Å². The van der Waals surface area contributed by atoms with Crippen LogP contribution >= 0.6 is 0 Å². The van der Waals surface area contributed by atoms with Gasteiger partial charge in [-0.25, -0.2) is 4.79 Å². The lowest BCUT2D eigenvalue weighted by Crippen LogP contribution is -2.42. The smallest absolute Gasteiger partial charge is 0.329 e. The molecule has 2 atom stereocenters. The number of aliphatic carboxylic acids is 1. The van der Waals surface area contributed by atoms with E-state index in [-0.39, 0.29) is 11.6 Å². The number of hydrogen-bond donors (Lipinski definition) is 1. The van der Waals surface area contributed by atoms with Crippen LogP contribution in [0.4, 0.5) is 0 Å². The second kappa shape index (κ2) is 7.74. The van der Waals surface area contributed by atoms with E-state index in [1.54, 1.807) is 0 Å². The van der Waals surface area contributed by atoms with Gasteiger partial charge < -0.3 is 14.3 Å². The molecule has 0 bridgehead atoms. The number of carboxylic acid groups (broad SMARTS) is 1. The maximum absolute atomic E-state index is 10.5. The lowest BCUT2D eigenvalue weighted by atomic mass is 9.82. The highest BCUT2D eigenvalue weighted by Gasteiger charge is 2.37. The molecule has 0 spiro atoms. The molecular formula is C16H32O4Si. The van der Waals surface area contributed by atoms with Gasteiger partial charge in [0.1, 0.15) is 6.61 Å². The van der Waals surface area contributed by atoms with Crippen LogP contribution in [0.3, 0.4) is 0 Å².